The fourth-order valence-corrected chi connectivity index (χ4v) is 8.46. The third-order valence-electron chi connectivity index (χ3n) is 7.96. The Morgan fingerprint density at radius 2 is 0.833 bits per heavy atom. The molecule has 0 atom stereocenters. The molecule has 0 spiro atoms. The SMILES string of the molecule is O=P(c1ccccc1)(c1ccccc1)c1ccc2cc(-c3ccc4c(c3)Oc3cc5ccccc5cc3O4)ccc2c1. The van der Waals surface area contributed by atoms with E-state index in [0.717, 1.165) is 54.3 Å². The normalized spacial score (nSPS) is 12.3. The van der Waals surface area contributed by atoms with E-state index in [-0.39, 0.29) is 0 Å². The first kappa shape index (κ1) is 24.7. The van der Waals surface area contributed by atoms with Gasteiger partial charge in [-0.25, -0.2) is 0 Å². The van der Waals surface area contributed by atoms with Crippen molar-refractivity contribution in [1.82, 2.24) is 0 Å². The van der Waals surface area contributed by atoms with Gasteiger partial charge in [-0.2, -0.15) is 0 Å². The molecular formula is C38H25O3P. The molecular weight excluding hydrogens is 535 g/mol. The van der Waals surface area contributed by atoms with Gasteiger partial charge in [0, 0.05) is 15.9 Å². The van der Waals surface area contributed by atoms with E-state index in [1.54, 1.807) is 0 Å². The third kappa shape index (κ3) is 4.10. The van der Waals surface area contributed by atoms with Gasteiger partial charge in [0.15, 0.2) is 30.1 Å². The van der Waals surface area contributed by atoms with Crippen LogP contribution in [0.25, 0.3) is 32.7 Å². The Morgan fingerprint density at radius 1 is 0.357 bits per heavy atom. The molecule has 0 aliphatic carbocycles. The lowest BCUT2D eigenvalue weighted by Crippen LogP contribution is -2.24. The first-order valence-corrected chi connectivity index (χ1v) is 15.6. The molecule has 0 radical (unpaired) electrons. The van der Waals surface area contributed by atoms with Crippen LogP contribution in [0.3, 0.4) is 0 Å². The molecule has 4 heteroatoms. The summed E-state index contributed by atoms with van der Waals surface area (Å²) in [6.07, 6.45) is 0. The van der Waals surface area contributed by atoms with Crippen LogP contribution in [0.5, 0.6) is 23.0 Å². The second kappa shape index (κ2) is 9.76. The Labute approximate surface area is 244 Å². The minimum Gasteiger partial charge on any atom is -0.449 e. The van der Waals surface area contributed by atoms with Gasteiger partial charge in [-0.3, -0.25) is 0 Å². The van der Waals surface area contributed by atoms with E-state index in [2.05, 4.69) is 48.5 Å². The fourth-order valence-electron chi connectivity index (χ4n) is 5.78. The smallest absolute Gasteiger partial charge is 0.171 e. The zero-order valence-corrected chi connectivity index (χ0v) is 23.5. The van der Waals surface area contributed by atoms with Gasteiger partial charge >= 0.3 is 0 Å². The van der Waals surface area contributed by atoms with Crippen LogP contribution in [0, 0.1) is 0 Å². The molecule has 0 bridgehead atoms. The van der Waals surface area contributed by atoms with E-state index in [1.807, 2.05) is 103 Å². The van der Waals surface area contributed by atoms with Crippen LogP contribution in [0.4, 0.5) is 0 Å². The highest BCUT2D eigenvalue weighted by molar-refractivity contribution is 7.85. The average Bonchev–Trinajstić information content (AvgIpc) is 3.06. The topological polar surface area (TPSA) is 35.5 Å². The van der Waals surface area contributed by atoms with E-state index >= 15 is 0 Å². The second-order valence-electron chi connectivity index (χ2n) is 10.5. The molecule has 1 heterocycles. The Balaban J connectivity index is 1.16. The highest BCUT2D eigenvalue weighted by atomic mass is 31.2. The number of fused-ring (bicyclic) bond motifs is 4. The lowest BCUT2D eigenvalue weighted by atomic mass is 10.0. The molecule has 0 aromatic heterocycles. The van der Waals surface area contributed by atoms with E-state index < -0.39 is 7.14 Å². The first-order valence-electron chi connectivity index (χ1n) is 13.9. The highest BCUT2D eigenvalue weighted by Crippen LogP contribution is 2.48. The van der Waals surface area contributed by atoms with Crippen LogP contribution in [0.2, 0.25) is 0 Å². The summed E-state index contributed by atoms with van der Waals surface area (Å²) in [5.41, 5.74) is 2.10. The Morgan fingerprint density at radius 3 is 1.50 bits per heavy atom. The number of rotatable bonds is 4. The van der Waals surface area contributed by atoms with Crippen molar-refractivity contribution in [2.75, 3.05) is 0 Å². The second-order valence-corrected chi connectivity index (χ2v) is 13.3. The summed E-state index contributed by atoms with van der Waals surface area (Å²) in [5.74, 6) is 2.83. The predicted octanol–water partition coefficient (Wildman–Crippen LogP) is 9.20. The lowest BCUT2D eigenvalue weighted by molar-refractivity contribution is 0.360. The molecule has 0 saturated carbocycles. The maximum atomic E-state index is 14.8. The number of benzene rings is 7. The summed E-state index contributed by atoms with van der Waals surface area (Å²) < 4.78 is 27.4. The van der Waals surface area contributed by atoms with E-state index in [9.17, 15) is 4.57 Å². The maximum absolute atomic E-state index is 14.8. The van der Waals surface area contributed by atoms with Gasteiger partial charge in [-0.05, 0) is 69.1 Å². The van der Waals surface area contributed by atoms with Crippen molar-refractivity contribution in [3.8, 4) is 34.1 Å². The monoisotopic (exact) mass is 560 g/mol. The van der Waals surface area contributed by atoms with Crippen molar-refractivity contribution in [3.63, 3.8) is 0 Å². The molecule has 0 N–H and O–H groups in total. The zero-order valence-electron chi connectivity index (χ0n) is 22.6. The molecule has 0 saturated heterocycles. The van der Waals surface area contributed by atoms with Crippen molar-refractivity contribution in [2.45, 2.75) is 0 Å². The largest absolute Gasteiger partial charge is 0.449 e. The molecule has 42 heavy (non-hydrogen) atoms. The molecule has 0 unspecified atom stereocenters. The number of hydrogen-bond acceptors (Lipinski definition) is 3. The molecule has 0 amide bonds. The molecule has 7 aromatic rings. The van der Waals surface area contributed by atoms with Crippen molar-refractivity contribution < 1.29 is 14.0 Å². The summed E-state index contributed by atoms with van der Waals surface area (Å²) in [6, 6.07) is 50.4. The van der Waals surface area contributed by atoms with E-state index in [1.165, 1.54) is 0 Å². The van der Waals surface area contributed by atoms with Crippen LogP contribution in [0.15, 0.2) is 152 Å². The summed E-state index contributed by atoms with van der Waals surface area (Å²) in [4.78, 5) is 0. The Hall–Kier alpha value is -5.11. The zero-order chi connectivity index (χ0) is 28.1. The van der Waals surface area contributed by atoms with Gasteiger partial charge in [0.05, 0.1) is 0 Å². The first-order chi connectivity index (χ1) is 20.6. The third-order valence-corrected chi connectivity index (χ3v) is 11.0. The number of ether oxygens (including phenoxy) is 2. The summed E-state index contributed by atoms with van der Waals surface area (Å²) >= 11 is 0. The van der Waals surface area contributed by atoms with E-state index in [4.69, 9.17) is 9.47 Å². The van der Waals surface area contributed by atoms with Crippen molar-refractivity contribution in [2.24, 2.45) is 0 Å². The highest BCUT2D eigenvalue weighted by Gasteiger charge is 2.29. The van der Waals surface area contributed by atoms with E-state index in [0.29, 0.717) is 17.2 Å². The number of hydrogen-bond donors (Lipinski definition) is 0. The minimum absolute atomic E-state index is 0.692. The molecule has 8 rings (SSSR count). The van der Waals surface area contributed by atoms with Crippen molar-refractivity contribution in [3.05, 3.63) is 152 Å². The van der Waals surface area contributed by atoms with Gasteiger partial charge in [0.1, 0.15) is 0 Å². The summed E-state index contributed by atoms with van der Waals surface area (Å²) in [7, 11) is -3.04. The quantitative estimate of drug-likeness (QED) is 0.201. The molecule has 7 aromatic carbocycles. The minimum atomic E-state index is -3.04. The lowest BCUT2D eigenvalue weighted by Gasteiger charge is -2.22. The predicted molar refractivity (Wildman–Crippen MR) is 173 cm³/mol. The molecule has 3 nitrogen and oxygen atoms in total. The van der Waals surface area contributed by atoms with Gasteiger partial charge in [-0.1, -0.05) is 115 Å². The maximum Gasteiger partial charge on any atom is 0.171 e. The van der Waals surface area contributed by atoms with Crippen LogP contribution in [0.1, 0.15) is 0 Å². The molecule has 1 aliphatic heterocycles. The van der Waals surface area contributed by atoms with Gasteiger partial charge in [0.2, 0.25) is 0 Å². The van der Waals surface area contributed by atoms with Gasteiger partial charge in [0.25, 0.3) is 0 Å². The molecule has 0 fully saturated rings. The van der Waals surface area contributed by atoms with Crippen molar-refractivity contribution in [1.29, 1.82) is 0 Å². The Kier molecular flexibility index (Phi) is 5.73. The van der Waals surface area contributed by atoms with Crippen molar-refractivity contribution >= 4 is 44.6 Å². The average molecular weight is 561 g/mol. The molecule has 1 aliphatic rings. The summed E-state index contributed by atoms with van der Waals surface area (Å²) in [6.45, 7) is 0. The summed E-state index contributed by atoms with van der Waals surface area (Å²) in [5, 5.41) is 6.83. The fraction of sp³-hybridized carbons (Fsp3) is 0. The van der Waals surface area contributed by atoms with Gasteiger partial charge in [-0.15, -0.1) is 0 Å². The van der Waals surface area contributed by atoms with Crippen LogP contribution < -0.4 is 25.4 Å². The van der Waals surface area contributed by atoms with Gasteiger partial charge < -0.3 is 14.0 Å². The Bertz CT molecular complexity index is 2130. The van der Waals surface area contributed by atoms with Crippen LogP contribution in [-0.2, 0) is 4.57 Å². The van der Waals surface area contributed by atoms with Crippen LogP contribution >= 0.6 is 7.14 Å². The van der Waals surface area contributed by atoms with Crippen LogP contribution in [-0.4, -0.2) is 0 Å². The standard InChI is InChI=1S/C38H25O3P/c39-42(32-11-3-1-4-12-32,33-13-5-2-6-14-33)34-19-17-29-21-28(15-16-30(29)22-34)31-18-20-35-36(25-31)41-38-24-27-10-8-7-9-26(27)23-37(38)40-35/h1-25H. The molecule has 200 valence electrons.